The molecule has 2 nitrogen and oxygen atoms in total. The number of hydrogen-bond acceptors (Lipinski definition) is 2. The zero-order valence-electron chi connectivity index (χ0n) is 12.6. The fraction of sp³-hybridized carbons (Fsp3) is 0.647. The average molecular weight is 260 g/mol. The van der Waals surface area contributed by atoms with E-state index in [1.807, 2.05) is 0 Å². The summed E-state index contributed by atoms with van der Waals surface area (Å²) < 4.78 is 0. The summed E-state index contributed by atoms with van der Waals surface area (Å²) in [4.78, 5) is 0. The molecule has 0 aromatic heterocycles. The van der Waals surface area contributed by atoms with Crippen LogP contribution in [0.4, 0.5) is 0 Å². The number of nitrogens with one attached hydrogen (secondary N) is 2. The van der Waals surface area contributed by atoms with Crippen molar-refractivity contribution < 1.29 is 0 Å². The van der Waals surface area contributed by atoms with Crippen LogP contribution in [0.5, 0.6) is 0 Å². The summed E-state index contributed by atoms with van der Waals surface area (Å²) in [7, 11) is 0. The molecule has 1 saturated heterocycles. The smallest absolute Gasteiger partial charge is 0.00913 e. The molecule has 1 aliphatic heterocycles. The second-order valence-corrected chi connectivity index (χ2v) is 6.68. The predicted octanol–water partition coefficient (Wildman–Crippen LogP) is 2.87. The molecule has 0 atom stereocenters. The minimum absolute atomic E-state index is 0.256. The Morgan fingerprint density at radius 2 is 1.74 bits per heavy atom. The Hall–Kier alpha value is -0.860. The largest absolute Gasteiger partial charge is 0.317 e. The number of benzene rings is 1. The van der Waals surface area contributed by atoms with Crippen molar-refractivity contribution in [3.8, 4) is 0 Å². The van der Waals surface area contributed by atoms with E-state index in [-0.39, 0.29) is 5.41 Å². The molecule has 1 aromatic rings. The SMILES string of the molecule is CC(C)(C)c1ccc(CCNC2CCNCC2)cc1. The first-order valence-electron chi connectivity index (χ1n) is 7.59. The van der Waals surface area contributed by atoms with Gasteiger partial charge in [0.05, 0.1) is 0 Å². The van der Waals surface area contributed by atoms with Gasteiger partial charge in [-0.3, -0.25) is 0 Å². The van der Waals surface area contributed by atoms with Crippen molar-refractivity contribution in [3.05, 3.63) is 35.4 Å². The fourth-order valence-electron chi connectivity index (χ4n) is 2.62. The minimum atomic E-state index is 0.256. The molecule has 2 N–H and O–H groups in total. The Labute approximate surface area is 118 Å². The molecule has 2 heteroatoms. The highest BCUT2D eigenvalue weighted by atomic mass is 15.0. The van der Waals surface area contributed by atoms with Gasteiger partial charge in [0, 0.05) is 6.04 Å². The molecule has 1 fully saturated rings. The number of piperidine rings is 1. The lowest BCUT2D eigenvalue weighted by Crippen LogP contribution is -2.40. The van der Waals surface area contributed by atoms with Crippen molar-refractivity contribution in [1.29, 1.82) is 0 Å². The molecule has 0 aliphatic carbocycles. The Morgan fingerprint density at radius 1 is 1.11 bits per heavy atom. The van der Waals surface area contributed by atoms with Gasteiger partial charge in [-0.25, -0.2) is 0 Å². The first-order chi connectivity index (χ1) is 9.05. The van der Waals surface area contributed by atoms with Crippen LogP contribution in [0.15, 0.2) is 24.3 Å². The number of hydrogen-bond donors (Lipinski definition) is 2. The lowest BCUT2D eigenvalue weighted by Gasteiger charge is -2.24. The summed E-state index contributed by atoms with van der Waals surface area (Å²) in [5.41, 5.74) is 3.11. The summed E-state index contributed by atoms with van der Waals surface area (Å²) in [6, 6.07) is 9.84. The maximum Gasteiger partial charge on any atom is 0.00913 e. The summed E-state index contributed by atoms with van der Waals surface area (Å²) in [6.45, 7) is 10.2. The topological polar surface area (TPSA) is 24.1 Å². The quantitative estimate of drug-likeness (QED) is 0.870. The minimum Gasteiger partial charge on any atom is -0.317 e. The van der Waals surface area contributed by atoms with Crippen LogP contribution in [0.1, 0.15) is 44.7 Å². The molecule has 1 aliphatic rings. The summed E-state index contributed by atoms with van der Waals surface area (Å²) in [6.07, 6.45) is 3.67. The maximum atomic E-state index is 3.67. The Bertz CT molecular complexity index is 369. The van der Waals surface area contributed by atoms with Crippen molar-refractivity contribution in [2.24, 2.45) is 0 Å². The van der Waals surface area contributed by atoms with Crippen LogP contribution in [0.3, 0.4) is 0 Å². The Morgan fingerprint density at radius 3 is 2.32 bits per heavy atom. The zero-order valence-corrected chi connectivity index (χ0v) is 12.6. The third-order valence-corrected chi connectivity index (χ3v) is 4.01. The van der Waals surface area contributed by atoms with Gasteiger partial charge in [0.1, 0.15) is 0 Å². The van der Waals surface area contributed by atoms with Gasteiger partial charge in [0.25, 0.3) is 0 Å². The van der Waals surface area contributed by atoms with Gasteiger partial charge >= 0.3 is 0 Å². The standard InChI is InChI=1S/C17H28N2/c1-17(2,3)15-6-4-14(5-7-15)8-13-19-16-9-11-18-12-10-16/h4-7,16,18-19H,8-13H2,1-3H3. The van der Waals surface area contributed by atoms with E-state index in [1.165, 1.54) is 24.0 Å². The summed E-state index contributed by atoms with van der Waals surface area (Å²) in [5.74, 6) is 0. The van der Waals surface area contributed by atoms with Crippen LogP contribution in [0.2, 0.25) is 0 Å². The van der Waals surface area contributed by atoms with Crippen LogP contribution in [-0.2, 0) is 11.8 Å². The van der Waals surface area contributed by atoms with Gasteiger partial charge in [-0.15, -0.1) is 0 Å². The lowest BCUT2D eigenvalue weighted by molar-refractivity contribution is 0.389. The molecule has 1 heterocycles. The number of rotatable bonds is 4. The molecular weight excluding hydrogens is 232 g/mol. The summed E-state index contributed by atoms with van der Waals surface area (Å²) >= 11 is 0. The second kappa shape index (κ2) is 6.53. The lowest BCUT2D eigenvalue weighted by atomic mass is 9.86. The molecule has 106 valence electrons. The molecule has 2 rings (SSSR count). The van der Waals surface area contributed by atoms with Gasteiger partial charge in [-0.2, -0.15) is 0 Å². The van der Waals surface area contributed by atoms with Gasteiger partial charge < -0.3 is 10.6 Å². The molecule has 19 heavy (non-hydrogen) atoms. The normalized spacial score (nSPS) is 17.6. The molecule has 0 saturated carbocycles. The molecule has 0 bridgehead atoms. The predicted molar refractivity (Wildman–Crippen MR) is 82.7 cm³/mol. The molecule has 0 radical (unpaired) electrons. The third kappa shape index (κ3) is 4.63. The third-order valence-electron chi connectivity index (χ3n) is 4.01. The van der Waals surface area contributed by atoms with E-state index in [1.54, 1.807) is 0 Å². The van der Waals surface area contributed by atoms with Crippen LogP contribution in [-0.4, -0.2) is 25.7 Å². The van der Waals surface area contributed by atoms with E-state index in [9.17, 15) is 0 Å². The highest BCUT2D eigenvalue weighted by Gasteiger charge is 2.13. The van der Waals surface area contributed by atoms with Crippen molar-refractivity contribution in [1.82, 2.24) is 10.6 Å². The molecule has 1 aromatic carbocycles. The van der Waals surface area contributed by atoms with Gasteiger partial charge in [0.2, 0.25) is 0 Å². The van der Waals surface area contributed by atoms with E-state index in [4.69, 9.17) is 0 Å². The fourth-order valence-corrected chi connectivity index (χ4v) is 2.62. The Kier molecular flexibility index (Phi) is 5.00. The molecular formula is C17H28N2. The van der Waals surface area contributed by atoms with E-state index in [0.29, 0.717) is 0 Å². The molecule has 0 spiro atoms. The maximum absolute atomic E-state index is 3.67. The van der Waals surface area contributed by atoms with Crippen LogP contribution < -0.4 is 10.6 Å². The van der Waals surface area contributed by atoms with E-state index >= 15 is 0 Å². The highest BCUT2D eigenvalue weighted by Crippen LogP contribution is 2.22. The van der Waals surface area contributed by atoms with Crippen LogP contribution in [0.25, 0.3) is 0 Å². The zero-order chi connectivity index (χ0) is 13.7. The van der Waals surface area contributed by atoms with Crippen LogP contribution >= 0.6 is 0 Å². The van der Waals surface area contributed by atoms with E-state index in [0.717, 1.165) is 32.1 Å². The second-order valence-electron chi connectivity index (χ2n) is 6.68. The highest BCUT2D eigenvalue weighted by molar-refractivity contribution is 5.27. The monoisotopic (exact) mass is 260 g/mol. The summed E-state index contributed by atoms with van der Waals surface area (Å²) in [5, 5.41) is 7.08. The first kappa shape index (κ1) is 14.5. The van der Waals surface area contributed by atoms with Crippen molar-refractivity contribution in [2.75, 3.05) is 19.6 Å². The molecule has 0 unspecified atom stereocenters. The van der Waals surface area contributed by atoms with Crippen molar-refractivity contribution in [3.63, 3.8) is 0 Å². The van der Waals surface area contributed by atoms with E-state index < -0.39 is 0 Å². The van der Waals surface area contributed by atoms with Crippen LogP contribution in [0, 0.1) is 0 Å². The Balaban J connectivity index is 1.76. The van der Waals surface area contributed by atoms with Gasteiger partial charge in [0.15, 0.2) is 0 Å². The molecule has 0 amide bonds. The van der Waals surface area contributed by atoms with Gasteiger partial charge in [-0.1, -0.05) is 45.0 Å². The average Bonchev–Trinajstić information content (AvgIpc) is 2.39. The van der Waals surface area contributed by atoms with Gasteiger partial charge in [-0.05, 0) is 55.4 Å². The van der Waals surface area contributed by atoms with Crippen molar-refractivity contribution in [2.45, 2.75) is 51.5 Å². The van der Waals surface area contributed by atoms with Crippen molar-refractivity contribution >= 4 is 0 Å². The van der Waals surface area contributed by atoms with E-state index in [2.05, 4.69) is 55.7 Å². The first-order valence-corrected chi connectivity index (χ1v) is 7.59.